The van der Waals surface area contributed by atoms with Crippen molar-refractivity contribution >= 4 is 23.5 Å². The van der Waals surface area contributed by atoms with Crippen LogP contribution in [-0.4, -0.2) is 47.6 Å². The van der Waals surface area contributed by atoms with Crippen LogP contribution in [0.2, 0.25) is 0 Å². The predicted molar refractivity (Wildman–Crippen MR) is 66.2 cm³/mol. The van der Waals surface area contributed by atoms with Gasteiger partial charge in [-0.25, -0.2) is 10.2 Å². The minimum atomic E-state index is -0.521. The lowest BCUT2D eigenvalue weighted by Crippen LogP contribution is -2.46. The maximum Gasteiger partial charge on any atom is 0.328 e. The first-order valence-electron chi connectivity index (χ1n) is 6.46. The van der Waals surface area contributed by atoms with E-state index in [0.717, 1.165) is 6.42 Å². The number of nitrogens with zero attached hydrogens (tertiary/aromatic N) is 2. The summed E-state index contributed by atoms with van der Waals surface area (Å²) in [5.74, 6) is -0.843. The van der Waals surface area contributed by atoms with E-state index in [9.17, 15) is 14.4 Å². The normalized spacial score (nSPS) is 22.8. The van der Waals surface area contributed by atoms with Crippen LogP contribution in [0.3, 0.4) is 0 Å². The highest BCUT2D eigenvalue weighted by molar-refractivity contribution is 6.39. The first kappa shape index (κ1) is 13.5. The monoisotopic (exact) mass is 267 g/mol. The third-order valence-corrected chi connectivity index (χ3v) is 3.22. The quantitative estimate of drug-likeness (QED) is 0.718. The Morgan fingerprint density at radius 2 is 2.26 bits per heavy atom. The standard InChI is InChI=1S/C12H17N3O4/c1-2-19-12(18)9-4-3-7-15(9)11(17)8-5-6-10(16)14-13-8/h9H,2-7H2,1H3,(H,14,16). The fourth-order valence-corrected chi connectivity index (χ4v) is 2.29. The van der Waals surface area contributed by atoms with E-state index in [1.807, 2.05) is 0 Å². The molecule has 104 valence electrons. The summed E-state index contributed by atoms with van der Waals surface area (Å²) in [6.45, 7) is 2.56. The number of carbonyl (C=O) groups is 3. The minimum absolute atomic E-state index is 0.195. The van der Waals surface area contributed by atoms with E-state index < -0.39 is 6.04 Å². The number of nitrogens with one attached hydrogen (secondary N) is 1. The summed E-state index contributed by atoms with van der Waals surface area (Å²) in [7, 11) is 0. The molecule has 0 aromatic carbocycles. The molecule has 0 aromatic rings. The molecule has 0 aliphatic carbocycles. The van der Waals surface area contributed by atoms with Crippen LogP contribution in [0.4, 0.5) is 0 Å². The first-order valence-corrected chi connectivity index (χ1v) is 6.46. The zero-order valence-electron chi connectivity index (χ0n) is 10.8. The second kappa shape index (κ2) is 5.81. The number of carbonyl (C=O) groups excluding carboxylic acids is 3. The van der Waals surface area contributed by atoms with Gasteiger partial charge in [-0.15, -0.1) is 0 Å². The van der Waals surface area contributed by atoms with Crippen LogP contribution in [0.25, 0.3) is 0 Å². The van der Waals surface area contributed by atoms with Gasteiger partial charge in [0, 0.05) is 19.4 Å². The van der Waals surface area contributed by atoms with Crippen molar-refractivity contribution in [3.8, 4) is 0 Å². The van der Waals surface area contributed by atoms with Crippen molar-refractivity contribution < 1.29 is 19.1 Å². The summed E-state index contributed by atoms with van der Waals surface area (Å²) in [5.41, 5.74) is 2.59. The van der Waals surface area contributed by atoms with Crippen LogP contribution in [0.15, 0.2) is 5.10 Å². The molecule has 2 aliphatic rings. The Kier molecular flexibility index (Phi) is 4.13. The van der Waals surface area contributed by atoms with Crippen molar-refractivity contribution in [3.63, 3.8) is 0 Å². The Balaban J connectivity index is 2.05. The highest BCUT2D eigenvalue weighted by Gasteiger charge is 2.37. The molecule has 7 heteroatoms. The fraction of sp³-hybridized carbons (Fsp3) is 0.667. The highest BCUT2D eigenvalue weighted by Crippen LogP contribution is 2.20. The van der Waals surface area contributed by atoms with E-state index in [-0.39, 0.29) is 24.2 Å². The van der Waals surface area contributed by atoms with Gasteiger partial charge in [-0.2, -0.15) is 5.10 Å². The van der Waals surface area contributed by atoms with E-state index in [1.54, 1.807) is 6.92 Å². The second-order valence-electron chi connectivity index (χ2n) is 4.50. The van der Waals surface area contributed by atoms with Gasteiger partial charge in [0.25, 0.3) is 5.91 Å². The van der Waals surface area contributed by atoms with Crippen LogP contribution in [0.5, 0.6) is 0 Å². The van der Waals surface area contributed by atoms with Gasteiger partial charge >= 0.3 is 5.97 Å². The molecule has 1 unspecified atom stereocenters. The average Bonchev–Trinajstić information content (AvgIpc) is 2.88. The largest absolute Gasteiger partial charge is 0.464 e. The topological polar surface area (TPSA) is 88.1 Å². The van der Waals surface area contributed by atoms with Crippen LogP contribution < -0.4 is 5.43 Å². The maximum absolute atomic E-state index is 12.3. The van der Waals surface area contributed by atoms with Gasteiger partial charge in [-0.05, 0) is 19.8 Å². The van der Waals surface area contributed by atoms with Crippen molar-refractivity contribution in [3.05, 3.63) is 0 Å². The van der Waals surface area contributed by atoms with Gasteiger partial charge in [0.2, 0.25) is 5.91 Å². The molecule has 2 heterocycles. The highest BCUT2D eigenvalue weighted by atomic mass is 16.5. The molecule has 0 radical (unpaired) electrons. The van der Waals surface area contributed by atoms with Crippen LogP contribution in [0, 0.1) is 0 Å². The molecular formula is C12H17N3O4. The lowest BCUT2D eigenvalue weighted by atomic mass is 10.1. The summed E-state index contributed by atoms with van der Waals surface area (Å²) in [6, 6.07) is -0.521. The van der Waals surface area contributed by atoms with Crippen molar-refractivity contribution in [1.29, 1.82) is 0 Å². The minimum Gasteiger partial charge on any atom is -0.464 e. The molecule has 1 saturated heterocycles. The number of amides is 2. The molecular weight excluding hydrogens is 250 g/mol. The van der Waals surface area contributed by atoms with Crippen molar-refractivity contribution in [1.82, 2.24) is 10.3 Å². The summed E-state index contributed by atoms with van der Waals surface area (Å²) >= 11 is 0. The molecule has 0 saturated carbocycles. The van der Waals surface area contributed by atoms with Crippen molar-refractivity contribution in [2.75, 3.05) is 13.2 Å². The van der Waals surface area contributed by atoms with Gasteiger partial charge < -0.3 is 9.64 Å². The fourth-order valence-electron chi connectivity index (χ4n) is 2.29. The summed E-state index contributed by atoms with van der Waals surface area (Å²) in [4.78, 5) is 36.5. The maximum atomic E-state index is 12.3. The molecule has 7 nitrogen and oxygen atoms in total. The second-order valence-corrected chi connectivity index (χ2v) is 4.50. The molecule has 2 amide bonds. The molecule has 1 N–H and O–H groups in total. The van der Waals surface area contributed by atoms with Crippen LogP contribution in [-0.2, 0) is 19.1 Å². The zero-order valence-corrected chi connectivity index (χ0v) is 10.8. The Bertz CT molecular complexity index is 433. The van der Waals surface area contributed by atoms with Crippen LogP contribution >= 0.6 is 0 Å². The molecule has 1 fully saturated rings. The average molecular weight is 267 g/mol. The Hall–Kier alpha value is -1.92. The third kappa shape index (κ3) is 2.91. The van der Waals surface area contributed by atoms with E-state index in [2.05, 4.69) is 10.5 Å². The lowest BCUT2D eigenvalue weighted by molar-refractivity contribution is -0.151. The zero-order chi connectivity index (χ0) is 13.8. The number of ether oxygens (including phenoxy) is 1. The predicted octanol–water partition coefficient (Wildman–Crippen LogP) is -0.194. The first-order chi connectivity index (χ1) is 9.13. The molecule has 0 aromatic heterocycles. The molecule has 1 atom stereocenters. The molecule has 0 spiro atoms. The Labute approximate surface area is 111 Å². The Morgan fingerprint density at radius 1 is 1.47 bits per heavy atom. The Morgan fingerprint density at radius 3 is 2.89 bits per heavy atom. The van der Waals surface area contributed by atoms with E-state index in [1.165, 1.54) is 4.90 Å². The summed E-state index contributed by atoms with van der Waals surface area (Å²) < 4.78 is 4.97. The number of hydrogen-bond donors (Lipinski definition) is 1. The van der Waals surface area contributed by atoms with E-state index in [0.29, 0.717) is 31.7 Å². The lowest BCUT2D eigenvalue weighted by Gasteiger charge is -2.24. The van der Waals surface area contributed by atoms with Crippen molar-refractivity contribution in [2.45, 2.75) is 38.6 Å². The van der Waals surface area contributed by atoms with Crippen LogP contribution in [0.1, 0.15) is 32.6 Å². The number of hydrogen-bond acceptors (Lipinski definition) is 5. The van der Waals surface area contributed by atoms with Gasteiger partial charge in [0.15, 0.2) is 0 Å². The molecule has 0 bridgehead atoms. The smallest absolute Gasteiger partial charge is 0.328 e. The van der Waals surface area contributed by atoms with E-state index >= 15 is 0 Å². The number of esters is 1. The molecule has 19 heavy (non-hydrogen) atoms. The molecule has 2 rings (SSSR count). The number of hydrazone groups is 1. The van der Waals surface area contributed by atoms with Crippen molar-refractivity contribution in [2.24, 2.45) is 5.10 Å². The number of likely N-dealkylation sites (tertiary alicyclic amines) is 1. The summed E-state index contributed by atoms with van der Waals surface area (Å²) in [6.07, 6.45) is 1.96. The number of rotatable bonds is 3. The van der Waals surface area contributed by atoms with Gasteiger partial charge in [-0.1, -0.05) is 0 Å². The van der Waals surface area contributed by atoms with Gasteiger partial charge in [0.05, 0.1) is 6.61 Å². The van der Waals surface area contributed by atoms with E-state index in [4.69, 9.17) is 4.74 Å². The summed E-state index contributed by atoms with van der Waals surface area (Å²) in [5, 5.41) is 3.77. The molecule has 2 aliphatic heterocycles. The third-order valence-electron chi connectivity index (χ3n) is 3.22. The van der Waals surface area contributed by atoms with Gasteiger partial charge in [0.1, 0.15) is 11.8 Å². The SMILES string of the molecule is CCOC(=O)C1CCCN1C(=O)C1=NNC(=O)CC1. The van der Waals surface area contributed by atoms with Gasteiger partial charge in [-0.3, -0.25) is 9.59 Å².